The van der Waals surface area contributed by atoms with Crippen LogP contribution < -0.4 is 10.6 Å². The fraction of sp³-hybridized carbons (Fsp3) is 0.800. The molecule has 0 unspecified atom stereocenters. The van der Waals surface area contributed by atoms with Crippen molar-refractivity contribution in [2.75, 3.05) is 39.3 Å². The highest BCUT2D eigenvalue weighted by Crippen LogP contribution is 2.16. The highest BCUT2D eigenvalue weighted by atomic mass is 127. The largest absolute Gasteiger partial charge is 0.357 e. The Bertz CT molecular complexity index is 521. The Kier molecular flexibility index (Phi) is 13.3. The summed E-state index contributed by atoms with van der Waals surface area (Å²) in [6.45, 7) is 12.9. The lowest BCUT2D eigenvalue weighted by Gasteiger charge is -2.26. The molecule has 0 saturated carbocycles. The first-order chi connectivity index (χ1) is 12.7. The molecule has 1 aliphatic heterocycles. The topological polar surface area (TPSA) is 52.6 Å². The molecule has 27 heavy (non-hydrogen) atoms. The molecule has 0 spiro atoms. The van der Waals surface area contributed by atoms with Crippen molar-refractivity contribution in [2.24, 2.45) is 4.99 Å². The molecule has 2 N–H and O–H groups in total. The summed E-state index contributed by atoms with van der Waals surface area (Å²) < 4.78 is 0. The Morgan fingerprint density at radius 1 is 1.11 bits per heavy atom. The van der Waals surface area contributed by atoms with E-state index in [2.05, 4.69) is 41.3 Å². The second kappa shape index (κ2) is 14.6. The van der Waals surface area contributed by atoms with Crippen LogP contribution in [0.4, 0.5) is 0 Å². The molecule has 5 nitrogen and oxygen atoms in total. The maximum atomic E-state index is 4.72. The molecule has 0 atom stereocenters. The minimum atomic E-state index is 0. The summed E-state index contributed by atoms with van der Waals surface area (Å²) in [7, 11) is 0. The van der Waals surface area contributed by atoms with Crippen molar-refractivity contribution in [1.82, 2.24) is 20.5 Å². The molecule has 0 radical (unpaired) electrons. The predicted molar refractivity (Wildman–Crippen MR) is 129 cm³/mol. The lowest BCUT2D eigenvalue weighted by molar-refractivity contribution is 0.224. The van der Waals surface area contributed by atoms with E-state index in [1.54, 1.807) is 11.3 Å². The van der Waals surface area contributed by atoms with Crippen molar-refractivity contribution in [3.05, 3.63) is 15.6 Å². The molecule has 7 heteroatoms. The number of halogens is 1. The Morgan fingerprint density at radius 3 is 2.56 bits per heavy atom. The van der Waals surface area contributed by atoms with E-state index in [0.717, 1.165) is 37.7 Å². The fourth-order valence-electron chi connectivity index (χ4n) is 3.27. The number of aliphatic imine (C=N–C) groups is 1. The van der Waals surface area contributed by atoms with Gasteiger partial charge < -0.3 is 15.5 Å². The molecular formula is C20H38IN5S. The minimum absolute atomic E-state index is 0. The van der Waals surface area contributed by atoms with Crippen LogP contribution in [-0.4, -0.2) is 55.1 Å². The summed E-state index contributed by atoms with van der Waals surface area (Å²) in [6.07, 6.45) is 8.92. The van der Waals surface area contributed by atoms with E-state index in [-0.39, 0.29) is 24.0 Å². The molecule has 1 aliphatic rings. The van der Waals surface area contributed by atoms with Gasteiger partial charge in [0.15, 0.2) is 5.96 Å². The fourth-order valence-corrected chi connectivity index (χ4v) is 4.21. The molecule has 0 aliphatic carbocycles. The van der Waals surface area contributed by atoms with E-state index in [4.69, 9.17) is 4.99 Å². The van der Waals surface area contributed by atoms with Crippen LogP contribution in [0, 0.1) is 13.8 Å². The quantitative estimate of drug-likeness (QED) is 0.217. The summed E-state index contributed by atoms with van der Waals surface area (Å²) in [5, 5.41) is 7.99. The van der Waals surface area contributed by atoms with Crippen molar-refractivity contribution in [3.8, 4) is 0 Å². The number of likely N-dealkylation sites (tertiary alicyclic amines) is 1. The Hall–Kier alpha value is -0.410. The smallest absolute Gasteiger partial charge is 0.191 e. The molecule has 2 heterocycles. The molecule has 0 amide bonds. The number of nitrogens with one attached hydrogen (secondary N) is 2. The standard InChI is InChI=1S/C20H37N5S.HI/c1-4-21-20(23-13-11-19-24-17(2)18(3)26-19)22-12-7-5-8-14-25-15-9-6-10-16-25;/h4-16H2,1-3H3,(H2,21,22,23);1H. The number of thiazole rings is 1. The number of hydrogen-bond acceptors (Lipinski definition) is 4. The van der Waals surface area contributed by atoms with Crippen LogP contribution >= 0.6 is 35.3 Å². The summed E-state index contributed by atoms with van der Waals surface area (Å²) in [4.78, 5) is 13.3. The molecule has 1 aromatic rings. The molecule has 0 aromatic carbocycles. The monoisotopic (exact) mass is 507 g/mol. The van der Waals surface area contributed by atoms with E-state index in [1.807, 2.05) is 0 Å². The highest BCUT2D eigenvalue weighted by Gasteiger charge is 2.08. The van der Waals surface area contributed by atoms with Gasteiger partial charge in [0.2, 0.25) is 0 Å². The summed E-state index contributed by atoms with van der Waals surface area (Å²) in [6, 6.07) is 0. The van der Waals surface area contributed by atoms with Gasteiger partial charge in [0, 0.05) is 30.9 Å². The first kappa shape index (κ1) is 24.6. The Labute approximate surface area is 186 Å². The van der Waals surface area contributed by atoms with Gasteiger partial charge >= 0.3 is 0 Å². The second-order valence-electron chi connectivity index (χ2n) is 7.15. The lowest BCUT2D eigenvalue weighted by atomic mass is 10.1. The van der Waals surface area contributed by atoms with Gasteiger partial charge in [0.1, 0.15) is 0 Å². The number of hydrogen-bond donors (Lipinski definition) is 2. The summed E-state index contributed by atoms with van der Waals surface area (Å²) in [5.41, 5.74) is 1.16. The first-order valence-corrected chi connectivity index (χ1v) is 11.2. The summed E-state index contributed by atoms with van der Waals surface area (Å²) in [5.74, 6) is 0.938. The van der Waals surface area contributed by atoms with Crippen LogP contribution in [0.5, 0.6) is 0 Å². The van der Waals surface area contributed by atoms with Crippen LogP contribution in [0.15, 0.2) is 4.99 Å². The zero-order valence-electron chi connectivity index (χ0n) is 17.4. The van der Waals surface area contributed by atoms with Gasteiger partial charge in [-0.25, -0.2) is 4.98 Å². The predicted octanol–water partition coefficient (Wildman–Crippen LogP) is 4.13. The van der Waals surface area contributed by atoms with E-state index < -0.39 is 0 Å². The number of unbranched alkanes of at least 4 members (excludes halogenated alkanes) is 2. The van der Waals surface area contributed by atoms with Crippen molar-refractivity contribution in [3.63, 3.8) is 0 Å². The molecule has 1 fully saturated rings. The molecule has 1 aromatic heterocycles. The minimum Gasteiger partial charge on any atom is -0.357 e. The number of guanidine groups is 1. The van der Waals surface area contributed by atoms with Crippen molar-refractivity contribution in [1.29, 1.82) is 0 Å². The number of rotatable bonds is 10. The third-order valence-electron chi connectivity index (χ3n) is 4.90. The number of nitrogens with zero attached hydrogens (tertiary/aromatic N) is 3. The molecule has 156 valence electrons. The van der Waals surface area contributed by atoms with Gasteiger partial charge in [-0.1, -0.05) is 12.8 Å². The third-order valence-corrected chi connectivity index (χ3v) is 6.03. The number of aromatic nitrogens is 1. The van der Waals surface area contributed by atoms with Crippen LogP contribution in [-0.2, 0) is 6.42 Å². The molecule has 1 saturated heterocycles. The Morgan fingerprint density at radius 2 is 1.89 bits per heavy atom. The second-order valence-corrected chi connectivity index (χ2v) is 8.44. The third kappa shape index (κ3) is 10.1. The van der Waals surface area contributed by atoms with Crippen LogP contribution in [0.25, 0.3) is 0 Å². The lowest BCUT2D eigenvalue weighted by Crippen LogP contribution is -2.38. The van der Waals surface area contributed by atoms with Gasteiger partial charge in [0.25, 0.3) is 0 Å². The van der Waals surface area contributed by atoms with E-state index in [9.17, 15) is 0 Å². The zero-order chi connectivity index (χ0) is 18.6. The number of piperidine rings is 1. The molecule has 2 rings (SSSR count). The Balaban J connectivity index is 0.00000364. The van der Waals surface area contributed by atoms with Crippen molar-refractivity contribution in [2.45, 2.75) is 65.7 Å². The molecule has 0 bridgehead atoms. The average Bonchev–Trinajstić information content (AvgIpc) is 2.96. The van der Waals surface area contributed by atoms with E-state index in [1.165, 1.54) is 68.0 Å². The van der Waals surface area contributed by atoms with Crippen LogP contribution in [0.1, 0.15) is 61.0 Å². The number of aryl methyl sites for hydroxylation is 2. The molecular weight excluding hydrogens is 469 g/mol. The highest BCUT2D eigenvalue weighted by molar-refractivity contribution is 14.0. The van der Waals surface area contributed by atoms with Gasteiger partial charge in [-0.3, -0.25) is 4.99 Å². The van der Waals surface area contributed by atoms with Crippen LogP contribution in [0.3, 0.4) is 0 Å². The maximum Gasteiger partial charge on any atom is 0.191 e. The van der Waals surface area contributed by atoms with E-state index in [0.29, 0.717) is 0 Å². The van der Waals surface area contributed by atoms with Gasteiger partial charge in [-0.15, -0.1) is 35.3 Å². The first-order valence-electron chi connectivity index (χ1n) is 10.4. The van der Waals surface area contributed by atoms with E-state index >= 15 is 0 Å². The maximum absolute atomic E-state index is 4.72. The van der Waals surface area contributed by atoms with Gasteiger partial charge in [-0.05, 0) is 66.1 Å². The van der Waals surface area contributed by atoms with Gasteiger partial charge in [0.05, 0.1) is 10.7 Å². The van der Waals surface area contributed by atoms with Crippen LogP contribution in [0.2, 0.25) is 0 Å². The zero-order valence-corrected chi connectivity index (χ0v) is 20.5. The SMILES string of the molecule is CCNC(=NCCCCCN1CCCCC1)NCCc1nc(C)c(C)s1.I. The summed E-state index contributed by atoms with van der Waals surface area (Å²) >= 11 is 1.80. The normalized spacial score (nSPS) is 15.4. The van der Waals surface area contributed by atoms with Crippen molar-refractivity contribution < 1.29 is 0 Å². The van der Waals surface area contributed by atoms with Gasteiger partial charge in [-0.2, -0.15) is 0 Å². The van der Waals surface area contributed by atoms with Crippen molar-refractivity contribution >= 4 is 41.3 Å². The average molecular weight is 508 g/mol.